The van der Waals surface area contributed by atoms with Crippen LogP contribution >= 0.6 is 0 Å². The van der Waals surface area contributed by atoms with E-state index in [0.717, 1.165) is 6.42 Å². The molecule has 2 bridgehead atoms. The Kier molecular flexibility index (Phi) is 7.01. The molecular weight excluding hydrogens is 420 g/mol. The molecule has 0 spiro atoms. The van der Waals surface area contributed by atoms with Crippen LogP contribution in [0.15, 0.2) is 23.8 Å². The van der Waals surface area contributed by atoms with Crippen LogP contribution in [0.3, 0.4) is 0 Å². The van der Waals surface area contributed by atoms with Crippen molar-refractivity contribution >= 4 is 20.1 Å². The number of allylic oxidation sites excluding steroid dienone is 2. The van der Waals surface area contributed by atoms with Gasteiger partial charge in [0.2, 0.25) is 5.79 Å². The van der Waals surface area contributed by atoms with Crippen LogP contribution in [0.1, 0.15) is 60.8 Å². The van der Waals surface area contributed by atoms with E-state index in [2.05, 4.69) is 46.5 Å². The molecule has 6 atom stereocenters. The molecule has 1 aliphatic carbocycles. The standard InChI is InChI=1S/C26H42O5Si/c1-16(2)18-11-10-17(3)19-14-22-21(27)12-13-26(30-22,31-32(7,8)9)23(15-20(18)19)29-24(28)25(4,5)6/h10,12-13,16,18-20,22-23H,11,14-15H2,1-9H3/t18-,19+,20-,22+,23-,26+/m1/s1. The summed E-state index contributed by atoms with van der Waals surface area (Å²) in [6.45, 7) is 18.6. The van der Waals surface area contributed by atoms with Crippen molar-refractivity contribution in [3.05, 3.63) is 23.8 Å². The van der Waals surface area contributed by atoms with Gasteiger partial charge >= 0.3 is 5.97 Å². The molecule has 3 aliphatic rings. The third-order valence-electron chi connectivity index (χ3n) is 7.07. The van der Waals surface area contributed by atoms with Crippen molar-refractivity contribution in [2.24, 2.45) is 29.1 Å². The number of esters is 1. The van der Waals surface area contributed by atoms with Crippen molar-refractivity contribution in [2.45, 2.75) is 98.4 Å². The molecular formula is C26H42O5Si. The normalized spacial score (nSPS) is 35.6. The third-order valence-corrected chi connectivity index (χ3v) is 8.01. The largest absolute Gasteiger partial charge is 0.456 e. The van der Waals surface area contributed by atoms with Gasteiger partial charge in [-0.05, 0) is 102 Å². The first-order chi connectivity index (χ1) is 14.6. The van der Waals surface area contributed by atoms with E-state index in [1.54, 1.807) is 12.2 Å². The topological polar surface area (TPSA) is 61.8 Å². The molecule has 0 aromatic carbocycles. The number of carbonyl (C=O) groups is 2. The molecule has 3 rings (SSSR count). The zero-order chi connectivity index (χ0) is 24.1. The van der Waals surface area contributed by atoms with Gasteiger partial charge in [0.15, 0.2) is 20.2 Å². The van der Waals surface area contributed by atoms with Crippen molar-refractivity contribution in [3.8, 4) is 0 Å². The SMILES string of the molecule is CC1=CC[C@H](C(C)C)[C@H]2C[C@@H](OC(=O)C(C)(C)C)[C@@]3(O[Si](C)(C)C)C=CC(=O)[C@H](C[C@@H]12)O3. The van der Waals surface area contributed by atoms with E-state index >= 15 is 0 Å². The van der Waals surface area contributed by atoms with Gasteiger partial charge in [-0.25, -0.2) is 0 Å². The van der Waals surface area contributed by atoms with E-state index in [1.807, 2.05) is 20.8 Å². The molecule has 1 saturated heterocycles. The van der Waals surface area contributed by atoms with E-state index in [9.17, 15) is 9.59 Å². The van der Waals surface area contributed by atoms with Gasteiger partial charge < -0.3 is 13.9 Å². The van der Waals surface area contributed by atoms with Crippen LogP contribution in [-0.2, 0) is 23.5 Å². The first-order valence-electron chi connectivity index (χ1n) is 12.1. The molecule has 6 heteroatoms. The van der Waals surface area contributed by atoms with E-state index < -0.39 is 31.7 Å². The summed E-state index contributed by atoms with van der Waals surface area (Å²) < 4.78 is 19.4. The van der Waals surface area contributed by atoms with Gasteiger partial charge in [-0.1, -0.05) is 25.5 Å². The van der Waals surface area contributed by atoms with Crippen molar-refractivity contribution in [2.75, 3.05) is 0 Å². The fourth-order valence-electron chi connectivity index (χ4n) is 5.40. The van der Waals surface area contributed by atoms with Crippen molar-refractivity contribution in [3.63, 3.8) is 0 Å². The Balaban J connectivity index is 2.12. The number of hydrogen-bond donors (Lipinski definition) is 0. The van der Waals surface area contributed by atoms with Gasteiger partial charge in [0.05, 0.1) is 5.41 Å². The van der Waals surface area contributed by atoms with E-state index in [-0.39, 0.29) is 17.7 Å². The quantitative estimate of drug-likeness (QED) is 0.306. The summed E-state index contributed by atoms with van der Waals surface area (Å²) in [6.07, 6.45) is 6.78. The number of fused-ring (bicyclic) bond motifs is 3. The molecule has 0 amide bonds. The molecule has 2 aliphatic heterocycles. The Hall–Kier alpha value is -1.24. The molecule has 32 heavy (non-hydrogen) atoms. The molecule has 2 heterocycles. The lowest BCUT2D eigenvalue weighted by Crippen LogP contribution is -2.60. The second-order valence-corrected chi connectivity index (χ2v) is 16.7. The van der Waals surface area contributed by atoms with Crippen molar-refractivity contribution < 1.29 is 23.5 Å². The monoisotopic (exact) mass is 462 g/mol. The fourth-order valence-corrected chi connectivity index (χ4v) is 6.61. The van der Waals surface area contributed by atoms with Gasteiger partial charge in [-0.2, -0.15) is 0 Å². The average Bonchev–Trinajstić information content (AvgIpc) is 2.63. The first-order valence-corrected chi connectivity index (χ1v) is 15.5. The molecule has 1 fully saturated rings. The maximum absolute atomic E-state index is 13.1. The summed E-state index contributed by atoms with van der Waals surface area (Å²) in [6, 6.07) is 0. The maximum Gasteiger partial charge on any atom is 0.311 e. The van der Waals surface area contributed by atoms with E-state index in [4.69, 9.17) is 13.9 Å². The summed E-state index contributed by atoms with van der Waals surface area (Å²) >= 11 is 0. The highest BCUT2D eigenvalue weighted by Gasteiger charge is 2.54. The highest BCUT2D eigenvalue weighted by molar-refractivity contribution is 6.69. The minimum absolute atomic E-state index is 0.0270. The Bertz CT molecular complexity index is 800. The Morgan fingerprint density at radius 1 is 1.22 bits per heavy atom. The molecule has 0 unspecified atom stereocenters. The lowest BCUT2D eigenvalue weighted by atomic mass is 9.63. The number of rotatable bonds is 4. The number of ether oxygens (including phenoxy) is 2. The number of hydrogen-bond acceptors (Lipinski definition) is 5. The summed E-state index contributed by atoms with van der Waals surface area (Å²) in [4.78, 5) is 26.0. The average molecular weight is 463 g/mol. The Morgan fingerprint density at radius 2 is 1.88 bits per heavy atom. The second-order valence-electron chi connectivity index (χ2n) is 12.3. The summed E-state index contributed by atoms with van der Waals surface area (Å²) in [7, 11) is -2.12. The van der Waals surface area contributed by atoms with Crippen LogP contribution in [0, 0.1) is 29.1 Å². The van der Waals surface area contributed by atoms with Crippen LogP contribution in [0.25, 0.3) is 0 Å². The highest BCUT2D eigenvalue weighted by atomic mass is 28.4. The molecule has 0 N–H and O–H groups in total. The van der Waals surface area contributed by atoms with Crippen LogP contribution in [0.5, 0.6) is 0 Å². The van der Waals surface area contributed by atoms with Crippen molar-refractivity contribution in [1.29, 1.82) is 0 Å². The second kappa shape index (κ2) is 8.84. The van der Waals surface area contributed by atoms with Gasteiger partial charge in [-0.15, -0.1) is 0 Å². The summed E-state index contributed by atoms with van der Waals surface area (Å²) in [5, 5.41) is 0. The van der Waals surface area contributed by atoms with Gasteiger partial charge in [0, 0.05) is 0 Å². The number of carbonyl (C=O) groups excluding carboxylic acids is 2. The van der Waals surface area contributed by atoms with Crippen LogP contribution < -0.4 is 0 Å². The van der Waals surface area contributed by atoms with E-state index in [0.29, 0.717) is 30.6 Å². The smallest absolute Gasteiger partial charge is 0.311 e. The van der Waals surface area contributed by atoms with Gasteiger partial charge in [0.1, 0.15) is 6.10 Å². The van der Waals surface area contributed by atoms with Crippen LogP contribution in [0.2, 0.25) is 19.6 Å². The minimum Gasteiger partial charge on any atom is -0.456 e. The first kappa shape index (κ1) is 25.4. The minimum atomic E-state index is -2.12. The zero-order valence-electron chi connectivity index (χ0n) is 21.4. The molecule has 0 aromatic heterocycles. The molecule has 0 aromatic rings. The molecule has 0 saturated carbocycles. The Labute approximate surface area is 195 Å². The summed E-state index contributed by atoms with van der Waals surface area (Å²) in [5.74, 6) is -0.0302. The van der Waals surface area contributed by atoms with Crippen LogP contribution in [-0.4, -0.2) is 38.1 Å². The predicted molar refractivity (Wildman–Crippen MR) is 128 cm³/mol. The molecule has 0 radical (unpaired) electrons. The lowest BCUT2D eigenvalue weighted by Gasteiger charge is -2.51. The summed E-state index contributed by atoms with van der Waals surface area (Å²) in [5.41, 5.74) is 0.674. The Morgan fingerprint density at radius 3 is 2.44 bits per heavy atom. The van der Waals surface area contributed by atoms with E-state index in [1.165, 1.54) is 5.57 Å². The van der Waals surface area contributed by atoms with Gasteiger partial charge in [-0.3, -0.25) is 9.59 Å². The molecule has 5 nitrogen and oxygen atoms in total. The lowest BCUT2D eigenvalue weighted by molar-refractivity contribution is -0.259. The predicted octanol–water partition coefficient (Wildman–Crippen LogP) is 5.66. The zero-order valence-corrected chi connectivity index (χ0v) is 22.4. The van der Waals surface area contributed by atoms with Crippen LogP contribution in [0.4, 0.5) is 0 Å². The third kappa shape index (κ3) is 5.28. The van der Waals surface area contributed by atoms with Gasteiger partial charge in [0.25, 0.3) is 0 Å². The maximum atomic E-state index is 13.1. The fraction of sp³-hybridized carbons (Fsp3) is 0.769. The highest BCUT2D eigenvalue weighted by Crippen LogP contribution is 2.49. The number of ketones is 1. The van der Waals surface area contributed by atoms with Crippen molar-refractivity contribution in [1.82, 2.24) is 0 Å². The molecule has 180 valence electrons.